The fraction of sp³-hybridized carbons (Fsp3) is 0.310. The highest BCUT2D eigenvalue weighted by atomic mass is 16.5. The number of hydrogen-bond donors (Lipinski definition) is 1. The average molecular weight is 459 g/mol. The summed E-state index contributed by atoms with van der Waals surface area (Å²) in [5.74, 6) is 0.245. The first-order valence-electron chi connectivity index (χ1n) is 11.7. The molecule has 5 nitrogen and oxygen atoms in total. The average Bonchev–Trinajstić information content (AvgIpc) is 2.80. The number of carbonyl (C=O) groups is 2. The fourth-order valence-electron chi connectivity index (χ4n) is 3.96. The molecule has 0 aliphatic rings. The Morgan fingerprint density at radius 1 is 0.853 bits per heavy atom. The smallest absolute Gasteiger partial charge is 0.261 e. The van der Waals surface area contributed by atoms with Crippen LogP contribution >= 0.6 is 0 Å². The normalized spacial score (nSPS) is 11.7. The molecule has 0 aliphatic carbocycles. The molecule has 3 rings (SSSR count). The maximum Gasteiger partial charge on any atom is 0.261 e. The Labute approximate surface area is 202 Å². The Bertz CT molecular complexity index is 1060. The Balaban J connectivity index is 1.89. The SMILES string of the molecule is Cc1cc(C)cc(OCC(=O)N(Cc2ccccc2)C(Cc2ccccc2)C(=O)NC(C)C)c1. The maximum atomic E-state index is 13.5. The highest BCUT2D eigenvalue weighted by Gasteiger charge is 2.31. The summed E-state index contributed by atoms with van der Waals surface area (Å²) in [5.41, 5.74) is 4.09. The topological polar surface area (TPSA) is 58.6 Å². The van der Waals surface area contributed by atoms with E-state index in [9.17, 15) is 9.59 Å². The highest BCUT2D eigenvalue weighted by Crippen LogP contribution is 2.18. The zero-order chi connectivity index (χ0) is 24.5. The van der Waals surface area contributed by atoms with E-state index >= 15 is 0 Å². The lowest BCUT2D eigenvalue weighted by atomic mass is 10.0. The number of hydrogen-bond acceptors (Lipinski definition) is 3. The number of ether oxygens (including phenoxy) is 1. The molecule has 0 radical (unpaired) electrons. The summed E-state index contributed by atoms with van der Waals surface area (Å²) >= 11 is 0. The van der Waals surface area contributed by atoms with Crippen LogP contribution in [0.4, 0.5) is 0 Å². The van der Waals surface area contributed by atoms with Gasteiger partial charge in [-0.1, -0.05) is 66.7 Å². The van der Waals surface area contributed by atoms with Crippen molar-refractivity contribution in [2.45, 2.75) is 52.7 Å². The molecule has 2 amide bonds. The van der Waals surface area contributed by atoms with Gasteiger partial charge in [0.15, 0.2) is 6.61 Å². The summed E-state index contributed by atoms with van der Waals surface area (Å²) in [7, 11) is 0. The van der Waals surface area contributed by atoms with E-state index in [1.54, 1.807) is 4.90 Å². The van der Waals surface area contributed by atoms with Gasteiger partial charge in [0.05, 0.1) is 0 Å². The van der Waals surface area contributed by atoms with Gasteiger partial charge in [-0.15, -0.1) is 0 Å². The van der Waals surface area contributed by atoms with Crippen LogP contribution in [0.5, 0.6) is 5.75 Å². The zero-order valence-corrected chi connectivity index (χ0v) is 20.5. The van der Waals surface area contributed by atoms with Crippen LogP contribution in [0.25, 0.3) is 0 Å². The number of nitrogens with zero attached hydrogens (tertiary/aromatic N) is 1. The summed E-state index contributed by atoms with van der Waals surface area (Å²) in [4.78, 5) is 28.5. The van der Waals surface area contributed by atoms with Crippen molar-refractivity contribution in [2.75, 3.05) is 6.61 Å². The van der Waals surface area contributed by atoms with E-state index in [-0.39, 0.29) is 24.5 Å². The highest BCUT2D eigenvalue weighted by molar-refractivity contribution is 5.88. The minimum absolute atomic E-state index is 0.0361. The van der Waals surface area contributed by atoms with Crippen molar-refractivity contribution < 1.29 is 14.3 Å². The Morgan fingerprint density at radius 3 is 1.97 bits per heavy atom. The molecule has 3 aromatic carbocycles. The van der Waals surface area contributed by atoms with Crippen LogP contribution in [0.2, 0.25) is 0 Å². The predicted octanol–water partition coefficient (Wildman–Crippen LogP) is 4.85. The molecule has 0 bridgehead atoms. The summed E-state index contributed by atoms with van der Waals surface area (Å²) in [6.07, 6.45) is 0.418. The monoisotopic (exact) mass is 458 g/mol. The van der Waals surface area contributed by atoms with Crippen molar-refractivity contribution in [2.24, 2.45) is 0 Å². The van der Waals surface area contributed by atoms with Crippen LogP contribution in [0.15, 0.2) is 78.9 Å². The fourth-order valence-corrected chi connectivity index (χ4v) is 3.96. The lowest BCUT2D eigenvalue weighted by molar-refractivity contribution is -0.143. The number of benzene rings is 3. The van der Waals surface area contributed by atoms with Crippen molar-refractivity contribution in [3.63, 3.8) is 0 Å². The Morgan fingerprint density at radius 2 is 1.41 bits per heavy atom. The lowest BCUT2D eigenvalue weighted by Crippen LogP contribution is -2.52. The lowest BCUT2D eigenvalue weighted by Gasteiger charge is -2.32. The Kier molecular flexibility index (Phi) is 8.86. The first-order chi connectivity index (χ1) is 16.3. The maximum absolute atomic E-state index is 13.5. The van der Waals surface area contributed by atoms with E-state index in [2.05, 4.69) is 11.4 Å². The van der Waals surface area contributed by atoms with Crippen molar-refractivity contribution in [3.05, 3.63) is 101 Å². The van der Waals surface area contributed by atoms with E-state index in [4.69, 9.17) is 4.74 Å². The van der Waals surface area contributed by atoms with Gasteiger partial charge < -0.3 is 15.0 Å². The van der Waals surface area contributed by atoms with Crippen LogP contribution in [0.3, 0.4) is 0 Å². The third kappa shape index (κ3) is 7.48. The van der Waals surface area contributed by atoms with Crippen LogP contribution in [-0.2, 0) is 22.6 Å². The molecule has 1 N–H and O–H groups in total. The second-order valence-electron chi connectivity index (χ2n) is 8.99. The molecule has 5 heteroatoms. The van der Waals surface area contributed by atoms with Gasteiger partial charge >= 0.3 is 0 Å². The van der Waals surface area contributed by atoms with Crippen molar-refractivity contribution in [1.82, 2.24) is 10.2 Å². The van der Waals surface area contributed by atoms with E-state index in [0.29, 0.717) is 18.7 Å². The molecular weight excluding hydrogens is 424 g/mol. The molecule has 0 fully saturated rings. The molecular formula is C29H34N2O3. The van der Waals surface area contributed by atoms with Gasteiger partial charge in [0.25, 0.3) is 5.91 Å². The van der Waals surface area contributed by atoms with E-state index in [0.717, 1.165) is 22.3 Å². The molecule has 0 heterocycles. The van der Waals surface area contributed by atoms with Crippen LogP contribution in [0.1, 0.15) is 36.1 Å². The minimum Gasteiger partial charge on any atom is -0.484 e. The second-order valence-corrected chi connectivity index (χ2v) is 8.99. The van der Waals surface area contributed by atoms with Gasteiger partial charge in [-0.2, -0.15) is 0 Å². The first-order valence-corrected chi connectivity index (χ1v) is 11.7. The molecule has 0 spiro atoms. The number of carbonyl (C=O) groups excluding carboxylic acids is 2. The Hall–Kier alpha value is -3.60. The van der Waals surface area contributed by atoms with Crippen LogP contribution in [0, 0.1) is 13.8 Å². The van der Waals surface area contributed by atoms with Gasteiger partial charge in [-0.05, 0) is 62.1 Å². The van der Waals surface area contributed by atoms with E-state index in [1.165, 1.54) is 0 Å². The van der Waals surface area contributed by atoms with Gasteiger partial charge in [-0.3, -0.25) is 9.59 Å². The van der Waals surface area contributed by atoms with E-state index in [1.807, 2.05) is 100 Å². The molecule has 3 aromatic rings. The van der Waals surface area contributed by atoms with Crippen LogP contribution in [-0.4, -0.2) is 35.4 Å². The molecule has 0 saturated carbocycles. The largest absolute Gasteiger partial charge is 0.484 e. The third-order valence-electron chi connectivity index (χ3n) is 5.46. The third-order valence-corrected chi connectivity index (χ3v) is 5.46. The second kappa shape index (κ2) is 12.0. The molecule has 0 aromatic heterocycles. The molecule has 1 unspecified atom stereocenters. The number of aryl methyl sites for hydroxylation is 2. The van der Waals surface area contributed by atoms with Crippen molar-refractivity contribution >= 4 is 11.8 Å². The number of amides is 2. The summed E-state index contributed by atoms with van der Waals surface area (Å²) in [6.45, 7) is 8.01. The van der Waals surface area contributed by atoms with E-state index < -0.39 is 6.04 Å². The van der Waals surface area contributed by atoms with Crippen molar-refractivity contribution in [3.8, 4) is 5.75 Å². The quantitative estimate of drug-likeness (QED) is 0.473. The molecule has 34 heavy (non-hydrogen) atoms. The predicted molar refractivity (Wildman–Crippen MR) is 136 cm³/mol. The van der Waals surface area contributed by atoms with Gasteiger partial charge in [0, 0.05) is 19.0 Å². The number of nitrogens with one attached hydrogen (secondary N) is 1. The van der Waals surface area contributed by atoms with Crippen molar-refractivity contribution in [1.29, 1.82) is 0 Å². The zero-order valence-electron chi connectivity index (χ0n) is 20.5. The standard InChI is InChI=1S/C29H34N2O3/c1-21(2)30-29(33)27(18-24-11-7-5-8-12-24)31(19-25-13-9-6-10-14-25)28(32)20-34-26-16-22(3)15-23(4)17-26/h5-17,21,27H,18-20H2,1-4H3,(H,30,33). The van der Waals surface area contributed by atoms with Crippen LogP contribution < -0.4 is 10.1 Å². The minimum atomic E-state index is -0.666. The molecule has 0 saturated heterocycles. The molecule has 1 atom stereocenters. The molecule has 0 aliphatic heterocycles. The first kappa shape index (κ1) is 25.0. The summed E-state index contributed by atoms with van der Waals surface area (Å²) in [5, 5.41) is 3.00. The van der Waals surface area contributed by atoms with Gasteiger partial charge in [0.1, 0.15) is 11.8 Å². The number of rotatable bonds is 10. The summed E-state index contributed by atoms with van der Waals surface area (Å²) < 4.78 is 5.89. The molecule has 178 valence electrons. The summed E-state index contributed by atoms with van der Waals surface area (Å²) in [6, 6.07) is 24.7. The van der Waals surface area contributed by atoms with Gasteiger partial charge in [0.2, 0.25) is 5.91 Å². The van der Waals surface area contributed by atoms with Gasteiger partial charge in [-0.25, -0.2) is 0 Å².